The molecule has 154 valence electrons. The van der Waals surface area contributed by atoms with Crippen LogP contribution in [0, 0.1) is 11.7 Å². The van der Waals surface area contributed by atoms with E-state index in [-0.39, 0.29) is 24.2 Å². The maximum absolute atomic E-state index is 13.7. The Hall–Kier alpha value is -2.36. The quantitative estimate of drug-likeness (QED) is 0.806. The first kappa shape index (κ1) is 19.9. The van der Waals surface area contributed by atoms with Crippen molar-refractivity contribution in [3.8, 4) is 0 Å². The fraction of sp³-hybridized carbons (Fsp3) is 0.450. The van der Waals surface area contributed by atoms with E-state index in [9.17, 15) is 14.0 Å². The third kappa shape index (κ3) is 4.80. The minimum atomic E-state index is -0.589. The van der Waals surface area contributed by atoms with E-state index in [0.29, 0.717) is 43.0 Å². The number of amides is 2. The van der Waals surface area contributed by atoms with Crippen LogP contribution in [0.4, 0.5) is 9.52 Å². The van der Waals surface area contributed by atoms with E-state index in [1.807, 2.05) is 4.90 Å². The van der Waals surface area contributed by atoms with Crippen molar-refractivity contribution >= 4 is 28.3 Å². The molecule has 0 spiro atoms. The van der Waals surface area contributed by atoms with E-state index in [1.54, 1.807) is 11.4 Å². The van der Waals surface area contributed by atoms with Crippen LogP contribution in [0.3, 0.4) is 0 Å². The molecule has 0 atom stereocenters. The molecule has 29 heavy (non-hydrogen) atoms. The lowest BCUT2D eigenvalue weighted by molar-refractivity contribution is -0.136. The molecular formula is C20H22FN3O4S. The van der Waals surface area contributed by atoms with Crippen LogP contribution in [-0.4, -0.2) is 54.3 Å². The predicted octanol–water partition coefficient (Wildman–Crippen LogP) is 2.69. The molecule has 0 radical (unpaired) electrons. The average molecular weight is 419 g/mol. The van der Waals surface area contributed by atoms with E-state index in [1.165, 1.54) is 29.5 Å². The Bertz CT molecular complexity index is 876. The Morgan fingerprint density at radius 2 is 1.93 bits per heavy atom. The summed E-state index contributed by atoms with van der Waals surface area (Å²) in [4.78, 5) is 30.9. The maximum Gasteiger partial charge on any atom is 0.260 e. The molecule has 3 heterocycles. The lowest BCUT2D eigenvalue weighted by Gasteiger charge is -2.33. The van der Waals surface area contributed by atoms with E-state index < -0.39 is 11.7 Å². The first-order valence-corrected chi connectivity index (χ1v) is 10.5. The highest BCUT2D eigenvalue weighted by Gasteiger charge is 2.31. The van der Waals surface area contributed by atoms with E-state index in [4.69, 9.17) is 9.47 Å². The maximum atomic E-state index is 13.7. The number of nitrogens with zero attached hydrogens (tertiary/aromatic N) is 2. The van der Waals surface area contributed by atoms with Crippen LogP contribution in [0.25, 0.3) is 0 Å². The summed E-state index contributed by atoms with van der Waals surface area (Å²) in [6.45, 7) is 2.63. The minimum absolute atomic E-state index is 0.00832. The Morgan fingerprint density at radius 1 is 1.21 bits per heavy atom. The third-order valence-corrected chi connectivity index (χ3v) is 5.95. The molecular weight excluding hydrogens is 397 g/mol. The van der Waals surface area contributed by atoms with Crippen LogP contribution >= 0.6 is 11.3 Å². The predicted molar refractivity (Wildman–Crippen MR) is 105 cm³/mol. The number of likely N-dealkylation sites (tertiary alicyclic amines) is 1. The van der Waals surface area contributed by atoms with Crippen LogP contribution in [0.1, 0.15) is 28.9 Å². The molecule has 0 saturated carbocycles. The summed E-state index contributed by atoms with van der Waals surface area (Å²) in [5.74, 6) is -0.808. The van der Waals surface area contributed by atoms with Crippen molar-refractivity contribution in [3.05, 3.63) is 46.7 Å². The highest BCUT2D eigenvalue weighted by atomic mass is 32.1. The summed E-state index contributed by atoms with van der Waals surface area (Å²) < 4.78 is 24.8. The number of anilines is 1. The first-order chi connectivity index (χ1) is 14.1. The van der Waals surface area contributed by atoms with E-state index in [0.717, 1.165) is 12.8 Å². The number of hydrogen-bond donors (Lipinski definition) is 1. The van der Waals surface area contributed by atoms with Gasteiger partial charge >= 0.3 is 0 Å². The molecule has 1 aromatic heterocycles. The Balaban J connectivity index is 1.28. The van der Waals surface area contributed by atoms with E-state index in [2.05, 4.69) is 10.3 Å². The molecule has 2 saturated heterocycles. The Labute approximate surface area is 171 Å². The van der Waals surface area contributed by atoms with Gasteiger partial charge in [-0.3, -0.25) is 14.9 Å². The molecule has 1 aromatic carbocycles. The number of piperidine rings is 1. The second-order valence-electron chi connectivity index (χ2n) is 7.08. The van der Waals surface area contributed by atoms with E-state index >= 15 is 0 Å². The lowest BCUT2D eigenvalue weighted by Crippen LogP contribution is -2.42. The van der Waals surface area contributed by atoms with Crippen molar-refractivity contribution in [2.45, 2.75) is 25.6 Å². The Morgan fingerprint density at radius 3 is 2.66 bits per heavy atom. The normalized spacial score (nSPS) is 18.2. The first-order valence-electron chi connectivity index (χ1n) is 9.61. The van der Waals surface area contributed by atoms with Gasteiger partial charge in [0.25, 0.3) is 5.91 Å². The van der Waals surface area contributed by atoms with Gasteiger partial charge in [0.15, 0.2) is 11.4 Å². The fourth-order valence-electron chi connectivity index (χ4n) is 3.59. The molecule has 2 aliphatic rings. The summed E-state index contributed by atoms with van der Waals surface area (Å²) in [7, 11) is 0. The number of carbonyl (C=O) groups is 2. The standard InChI is InChI=1S/C20H22FN3O4S/c21-16-4-2-1-3-15(16)18(26)23-20-22-14(12-29-20)11-17(25)24-7-5-13(6-8-24)19-27-9-10-28-19/h1-4,12-13,19H,5-11H2,(H,22,23,26). The highest BCUT2D eigenvalue weighted by molar-refractivity contribution is 7.14. The summed E-state index contributed by atoms with van der Waals surface area (Å²) in [6.07, 6.45) is 1.76. The third-order valence-electron chi connectivity index (χ3n) is 5.15. The molecule has 4 rings (SSSR count). The smallest absolute Gasteiger partial charge is 0.260 e. The van der Waals surface area contributed by atoms with Crippen LogP contribution in [0.2, 0.25) is 0 Å². The van der Waals surface area contributed by atoms with Gasteiger partial charge in [0.1, 0.15) is 5.82 Å². The zero-order valence-corrected chi connectivity index (χ0v) is 16.6. The van der Waals surface area contributed by atoms with Crippen molar-refractivity contribution in [2.75, 3.05) is 31.6 Å². The second kappa shape index (κ2) is 8.98. The van der Waals surface area contributed by atoms with Gasteiger partial charge < -0.3 is 14.4 Å². The monoisotopic (exact) mass is 419 g/mol. The summed E-state index contributed by atoms with van der Waals surface area (Å²) in [6, 6.07) is 5.76. The molecule has 2 amide bonds. The average Bonchev–Trinajstić information content (AvgIpc) is 3.41. The molecule has 0 unspecified atom stereocenters. The van der Waals surface area contributed by atoms with Crippen molar-refractivity contribution in [3.63, 3.8) is 0 Å². The number of carbonyl (C=O) groups excluding carboxylic acids is 2. The molecule has 7 nitrogen and oxygen atoms in total. The number of hydrogen-bond acceptors (Lipinski definition) is 6. The van der Waals surface area contributed by atoms with Crippen molar-refractivity contribution in [1.29, 1.82) is 0 Å². The largest absolute Gasteiger partial charge is 0.350 e. The van der Waals surface area contributed by atoms with Crippen molar-refractivity contribution < 1.29 is 23.5 Å². The van der Waals surface area contributed by atoms with Gasteiger partial charge in [-0.1, -0.05) is 12.1 Å². The van der Waals surface area contributed by atoms with Crippen LogP contribution in [0.15, 0.2) is 29.6 Å². The van der Waals surface area contributed by atoms with Gasteiger partial charge in [-0.15, -0.1) is 11.3 Å². The molecule has 1 N–H and O–H groups in total. The summed E-state index contributed by atoms with van der Waals surface area (Å²) in [5, 5.41) is 4.67. The summed E-state index contributed by atoms with van der Waals surface area (Å²) >= 11 is 1.21. The van der Waals surface area contributed by atoms with Crippen molar-refractivity contribution in [1.82, 2.24) is 9.88 Å². The van der Waals surface area contributed by atoms with Gasteiger partial charge in [0.2, 0.25) is 5.91 Å². The highest BCUT2D eigenvalue weighted by Crippen LogP contribution is 2.26. The molecule has 0 aliphatic carbocycles. The van der Waals surface area contributed by atoms with Crippen LogP contribution in [0.5, 0.6) is 0 Å². The molecule has 2 fully saturated rings. The fourth-order valence-corrected chi connectivity index (χ4v) is 4.30. The van der Waals surface area contributed by atoms with Gasteiger partial charge in [-0.05, 0) is 25.0 Å². The topological polar surface area (TPSA) is 80.8 Å². The minimum Gasteiger partial charge on any atom is -0.350 e. The molecule has 0 bridgehead atoms. The van der Waals surface area contributed by atoms with Crippen LogP contribution < -0.4 is 5.32 Å². The number of nitrogens with one attached hydrogen (secondary N) is 1. The second-order valence-corrected chi connectivity index (χ2v) is 7.94. The lowest BCUT2D eigenvalue weighted by atomic mass is 9.96. The van der Waals surface area contributed by atoms with Gasteiger partial charge in [-0.2, -0.15) is 0 Å². The number of ether oxygens (including phenoxy) is 2. The number of thiazole rings is 1. The van der Waals surface area contributed by atoms with Crippen LogP contribution in [-0.2, 0) is 20.7 Å². The number of aromatic nitrogens is 1. The molecule has 2 aromatic rings. The Kier molecular flexibility index (Phi) is 6.17. The number of halogens is 1. The number of benzene rings is 1. The van der Waals surface area contributed by atoms with Gasteiger partial charge in [0, 0.05) is 24.4 Å². The van der Waals surface area contributed by atoms with Gasteiger partial charge in [0.05, 0.1) is 30.9 Å². The van der Waals surface area contributed by atoms with Gasteiger partial charge in [-0.25, -0.2) is 9.37 Å². The number of rotatable bonds is 5. The molecule has 2 aliphatic heterocycles. The molecule has 9 heteroatoms. The SMILES string of the molecule is O=C(Nc1nc(CC(=O)N2CCC(C3OCCO3)CC2)cs1)c1ccccc1F. The zero-order valence-electron chi connectivity index (χ0n) is 15.8. The zero-order chi connectivity index (χ0) is 20.2. The van der Waals surface area contributed by atoms with Crippen molar-refractivity contribution in [2.24, 2.45) is 5.92 Å². The summed E-state index contributed by atoms with van der Waals surface area (Å²) in [5.41, 5.74) is 0.548.